The van der Waals surface area contributed by atoms with Crippen LogP contribution in [0.25, 0.3) is 11.0 Å². The molecule has 0 fully saturated rings. The second-order valence-corrected chi connectivity index (χ2v) is 6.89. The summed E-state index contributed by atoms with van der Waals surface area (Å²) < 4.78 is 11.0. The van der Waals surface area contributed by atoms with Crippen molar-refractivity contribution in [1.82, 2.24) is 9.97 Å². The molecular formula is C23H23N5O3. The van der Waals surface area contributed by atoms with Gasteiger partial charge in [-0.2, -0.15) is 4.98 Å². The fourth-order valence-electron chi connectivity index (χ4n) is 3.16. The van der Waals surface area contributed by atoms with Crippen LogP contribution in [-0.2, 0) is 0 Å². The lowest BCUT2D eigenvalue weighted by Crippen LogP contribution is -2.10. The van der Waals surface area contributed by atoms with Gasteiger partial charge in [0.25, 0.3) is 5.91 Å². The number of benzene rings is 2. The minimum atomic E-state index is -0.333. The third kappa shape index (κ3) is 4.58. The van der Waals surface area contributed by atoms with Gasteiger partial charge in [-0.05, 0) is 50.2 Å². The maximum atomic E-state index is 12.6. The quantitative estimate of drug-likeness (QED) is 0.390. The van der Waals surface area contributed by atoms with Crippen LogP contribution < -0.4 is 20.7 Å². The largest absolute Gasteiger partial charge is 0.493 e. The molecule has 8 heteroatoms. The number of nitrogens with zero attached hydrogens (tertiary/aromatic N) is 2. The van der Waals surface area contributed by atoms with Gasteiger partial charge < -0.3 is 25.1 Å². The number of aryl methyl sites for hydroxylation is 1. The number of hydrogen-bond donors (Lipinski definition) is 3. The number of nitrogens with one attached hydrogen (secondary N) is 3. The van der Waals surface area contributed by atoms with Gasteiger partial charge in [0.05, 0.1) is 7.11 Å². The molecule has 2 heterocycles. The molecule has 0 atom stereocenters. The van der Waals surface area contributed by atoms with E-state index >= 15 is 0 Å². The van der Waals surface area contributed by atoms with Crippen LogP contribution in [0.3, 0.4) is 0 Å². The topological polar surface area (TPSA) is 101 Å². The predicted molar refractivity (Wildman–Crippen MR) is 121 cm³/mol. The molecule has 8 nitrogen and oxygen atoms in total. The lowest BCUT2D eigenvalue weighted by atomic mass is 10.2. The summed E-state index contributed by atoms with van der Waals surface area (Å²) >= 11 is 0. The lowest BCUT2D eigenvalue weighted by molar-refractivity contribution is 0.0998. The molecule has 4 aromatic rings. The predicted octanol–water partition coefficient (Wildman–Crippen LogP) is 4.97. The van der Waals surface area contributed by atoms with Crippen molar-refractivity contribution in [3.05, 3.63) is 66.1 Å². The number of aromatic nitrogens is 2. The minimum Gasteiger partial charge on any atom is -0.493 e. The first-order valence-corrected chi connectivity index (χ1v) is 9.90. The van der Waals surface area contributed by atoms with E-state index in [2.05, 4.69) is 25.9 Å². The average Bonchev–Trinajstić information content (AvgIpc) is 3.20. The van der Waals surface area contributed by atoms with Crippen molar-refractivity contribution in [2.75, 3.05) is 29.6 Å². The van der Waals surface area contributed by atoms with Crippen LogP contribution in [0.2, 0.25) is 0 Å². The van der Waals surface area contributed by atoms with E-state index < -0.39 is 0 Å². The zero-order chi connectivity index (χ0) is 21.8. The maximum Gasteiger partial charge on any atom is 0.291 e. The first kappa shape index (κ1) is 20.2. The smallest absolute Gasteiger partial charge is 0.291 e. The van der Waals surface area contributed by atoms with Crippen molar-refractivity contribution < 1.29 is 13.9 Å². The Morgan fingerprint density at radius 3 is 2.58 bits per heavy atom. The number of furan rings is 1. The summed E-state index contributed by atoms with van der Waals surface area (Å²) in [6.45, 7) is 4.66. The lowest BCUT2D eigenvalue weighted by Gasteiger charge is -2.10. The van der Waals surface area contributed by atoms with Crippen LogP contribution in [0.15, 0.2) is 59.0 Å². The molecule has 0 bridgehead atoms. The average molecular weight is 417 g/mol. The van der Waals surface area contributed by atoms with Crippen molar-refractivity contribution in [2.24, 2.45) is 0 Å². The molecule has 0 aliphatic carbocycles. The highest BCUT2D eigenvalue weighted by Crippen LogP contribution is 2.29. The molecular weight excluding hydrogens is 394 g/mol. The number of para-hydroxylation sites is 1. The zero-order valence-electron chi connectivity index (χ0n) is 17.5. The molecule has 4 rings (SSSR count). The van der Waals surface area contributed by atoms with Crippen molar-refractivity contribution in [3.8, 4) is 5.75 Å². The first-order chi connectivity index (χ1) is 15.1. The number of methoxy groups -OCH3 is 1. The van der Waals surface area contributed by atoms with E-state index in [1.165, 1.54) is 0 Å². The second-order valence-electron chi connectivity index (χ2n) is 6.89. The van der Waals surface area contributed by atoms with Crippen LogP contribution in [-0.4, -0.2) is 29.5 Å². The molecule has 2 aromatic heterocycles. The highest BCUT2D eigenvalue weighted by Gasteiger charge is 2.15. The number of anilines is 4. The van der Waals surface area contributed by atoms with Gasteiger partial charge in [-0.1, -0.05) is 12.1 Å². The van der Waals surface area contributed by atoms with Crippen LogP contribution in [0.4, 0.5) is 23.1 Å². The Bertz CT molecular complexity index is 1220. The third-order valence-electron chi connectivity index (χ3n) is 4.56. The maximum absolute atomic E-state index is 12.6. The van der Waals surface area contributed by atoms with Crippen LogP contribution in [0.5, 0.6) is 5.75 Å². The molecule has 3 N–H and O–H groups in total. The Labute approximate surface area is 179 Å². The molecule has 158 valence electrons. The fraction of sp³-hybridized carbons (Fsp3) is 0.174. The standard InChI is InChI=1S/C23H23N5O3/c1-4-24-23-25-14(2)12-20(28-23)26-16-8-10-17(11-9-16)27-22(29)19-13-15-6-5-7-18(30-3)21(15)31-19/h5-13H,4H2,1-3H3,(H,27,29)(H2,24,25,26,28). The highest BCUT2D eigenvalue weighted by atomic mass is 16.5. The Kier molecular flexibility index (Phi) is 5.70. The number of carbonyl (C=O) groups is 1. The summed E-state index contributed by atoms with van der Waals surface area (Å²) in [5, 5.41) is 10.0. The molecule has 1 amide bonds. The number of fused-ring (bicyclic) bond motifs is 1. The van der Waals surface area contributed by atoms with E-state index in [1.807, 2.05) is 56.3 Å². The molecule has 0 aliphatic rings. The van der Waals surface area contributed by atoms with Gasteiger partial charge >= 0.3 is 0 Å². The number of amides is 1. The molecule has 0 aliphatic heterocycles. The monoisotopic (exact) mass is 417 g/mol. The Hall–Kier alpha value is -4.07. The van der Waals surface area contributed by atoms with Crippen LogP contribution in [0, 0.1) is 6.92 Å². The van der Waals surface area contributed by atoms with Crippen LogP contribution in [0.1, 0.15) is 23.2 Å². The van der Waals surface area contributed by atoms with E-state index in [-0.39, 0.29) is 11.7 Å². The number of rotatable bonds is 7. The Morgan fingerprint density at radius 1 is 1.06 bits per heavy atom. The zero-order valence-corrected chi connectivity index (χ0v) is 17.5. The van der Waals surface area contributed by atoms with E-state index in [1.54, 1.807) is 19.2 Å². The molecule has 0 radical (unpaired) electrons. The summed E-state index contributed by atoms with van der Waals surface area (Å²) in [6.07, 6.45) is 0. The van der Waals surface area contributed by atoms with Gasteiger partial charge in [0.1, 0.15) is 5.82 Å². The van der Waals surface area contributed by atoms with Crippen molar-refractivity contribution in [2.45, 2.75) is 13.8 Å². The summed E-state index contributed by atoms with van der Waals surface area (Å²) in [7, 11) is 1.57. The second kappa shape index (κ2) is 8.74. The SMILES string of the molecule is CCNc1nc(C)cc(Nc2ccc(NC(=O)c3cc4cccc(OC)c4o3)cc2)n1. The summed E-state index contributed by atoms with van der Waals surface area (Å²) in [4.78, 5) is 21.4. The van der Waals surface area contributed by atoms with E-state index in [0.29, 0.717) is 28.8 Å². The van der Waals surface area contributed by atoms with E-state index in [4.69, 9.17) is 9.15 Å². The summed E-state index contributed by atoms with van der Waals surface area (Å²) in [6, 6.07) is 16.4. The van der Waals surface area contributed by atoms with Gasteiger partial charge in [0.2, 0.25) is 5.95 Å². The normalized spacial score (nSPS) is 10.7. The first-order valence-electron chi connectivity index (χ1n) is 9.90. The highest BCUT2D eigenvalue weighted by molar-refractivity contribution is 6.05. The van der Waals surface area contributed by atoms with Gasteiger partial charge in [-0.25, -0.2) is 4.98 Å². The molecule has 31 heavy (non-hydrogen) atoms. The third-order valence-corrected chi connectivity index (χ3v) is 4.56. The van der Waals surface area contributed by atoms with Gasteiger partial charge in [0.15, 0.2) is 17.1 Å². The summed E-state index contributed by atoms with van der Waals surface area (Å²) in [5.74, 6) is 1.74. The fourth-order valence-corrected chi connectivity index (χ4v) is 3.16. The number of carbonyl (C=O) groups excluding carboxylic acids is 1. The molecule has 0 unspecified atom stereocenters. The van der Waals surface area contributed by atoms with Gasteiger partial charge in [-0.15, -0.1) is 0 Å². The number of hydrogen-bond acceptors (Lipinski definition) is 7. The van der Waals surface area contributed by atoms with E-state index in [9.17, 15) is 4.79 Å². The van der Waals surface area contributed by atoms with Crippen molar-refractivity contribution in [3.63, 3.8) is 0 Å². The Morgan fingerprint density at radius 2 is 1.84 bits per heavy atom. The molecule has 2 aromatic carbocycles. The van der Waals surface area contributed by atoms with Crippen molar-refractivity contribution in [1.29, 1.82) is 0 Å². The summed E-state index contributed by atoms with van der Waals surface area (Å²) in [5.41, 5.74) is 2.90. The van der Waals surface area contributed by atoms with Crippen LogP contribution >= 0.6 is 0 Å². The van der Waals surface area contributed by atoms with Crippen molar-refractivity contribution >= 4 is 40.0 Å². The molecule has 0 saturated heterocycles. The Balaban J connectivity index is 1.46. The van der Waals surface area contributed by atoms with E-state index in [0.717, 1.165) is 23.3 Å². The van der Waals surface area contributed by atoms with Gasteiger partial charge in [0, 0.05) is 35.1 Å². The van der Waals surface area contributed by atoms with Gasteiger partial charge in [-0.3, -0.25) is 4.79 Å². The number of ether oxygens (including phenoxy) is 1. The molecule has 0 saturated carbocycles. The minimum absolute atomic E-state index is 0.217. The molecule has 0 spiro atoms.